The van der Waals surface area contributed by atoms with Gasteiger partial charge in [0.1, 0.15) is 10.6 Å². The number of morpholine rings is 1. The number of nitrogens with one attached hydrogen (secondary N) is 1. The van der Waals surface area contributed by atoms with Crippen molar-refractivity contribution in [1.82, 2.24) is 19.1 Å². The first-order valence-electron chi connectivity index (χ1n) is 8.85. The molecule has 4 rings (SSSR count). The molecule has 0 radical (unpaired) electrons. The van der Waals surface area contributed by atoms with Gasteiger partial charge in [-0.15, -0.1) is 0 Å². The number of hydrogen-bond acceptors (Lipinski definition) is 5. The van der Waals surface area contributed by atoms with E-state index in [0.717, 1.165) is 13.1 Å². The molecule has 3 heterocycles. The van der Waals surface area contributed by atoms with Crippen molar-refractivity contribution in [2.75, 3.05) is 52.5 Å². The van der Waals surface area contributed by atoms with E-state index < -0.39 is 10.0 Å². The van der Waals surface area contributed by atoms with E-state index in [9.17, 15) is 13.2 Å². The minimum Gasteiger partial charge on any atom is -0.379 e. The largest absolute Gasteiger partial charge is 0.379 e. The average molecular weight is 368 g/mol. The Labute approximate surface area is 147 Å². The van der Waals surface area contributed by atoms with Crippen molar-refractivity contribution in [3.63, 3.8) is 0 Å². The van der Waals surface area contributed by atoms with Crippen LogP contribution in [0.5, 0.6) is 0 Å². The third-order valence-electron chi connectivity index (χ3n) is 5.16. The van der Waals surface area contributed by atoms with E-state index in [0.29, 0.717) is 51.1 Å². The Balaban J connectivity index is 1.42. The summed E-state index contributed by atoms with van der Waals surface area (Å²) in [4.78, 5) is 19.9. The SMILES string of the molecule is O=C(c1cc(S(=O)(=O)N2CCOCC2)c[nH]1)N1CCN(C2CC2)CC1. The quantitative estimate of drug-likeness (QED) is 0.806. The van der Waals surface area contributed by atoms with Crippen LogP contribution in [0, 0.1) is 0 Å². The fourth-order valence-electron chi connectivity index (χ4n) is 3.48. The number of aromatic amines is 1. The first-order chi connectivity index (χ1) is 12.1. The molecule has 0 bridgehead atoms. The minimum atomic E-state index is -3.57. The molecule has 3 fully saturated rings. The van der Waals surface area contributed by atoms with Gasteiger partial charge >= 0.3 is 0 Å². The van der Waals surface area contributed by atoms with Crippen molar-refractivity contribution in [3.8, 4) is 0 Å². The van der Waals surface area contributed by atoms with Crippen molar-refractivity contribution in [3.05, 3.63) is 18.0 Å². The summed E-state index contributed by atoms with van der Waals surface area (Å²) in [6.45, 7) is 4.69. The van der Waals surface area contributed by atoms with Gasteiger partial charge in [-0.25, -0.2) is 8.42 Å². The fraction of sp³-hybridized carbons (Fsp3) is 0.688. The summed E-state index contributed by atoms with van der Waals surface area (Å²) in [5, 5.41) is 0. The van der Waals surface area contributed by atoms with Gasteiger partial charge < -0.3 is 14.6 Å². The number of amides is 1. The van der Waals surface area contributed by atoms with Gasteiger partial charge in [0, 0.05) is 51.5 Å². The van der Waals surface area contributed by atoms with E-state index in [2.05, 4.69) is 9.88 Å². The normalized spacial score (nSPS) is 23.8. The second-order valence-electron chi connectivity index (χ2n) is 6.82. The monoisotopic (exact) mass is 368 g/mol. The lowest BCUT2D eigenvalue weighted by Crippen LogP contribution is -2.49. The molecule has 1 N–H and O–H groups in total. The average Bonchev–Trinajstić information content (AvgIpc) is 3.38. The topological polar surface area (TPSA) is 85.9 Å². The van der Waals surface area contributed by atoms with Gasteiger partial charge in [0.25, 0.3) is 5.91 Å². The molecule has 9 heteroatoms. The van der Waals surface area contributed by atoms with Gasteiger partial charge in [0.05, 0.1) is 13.2 Å². The third kappa shape index (κ3) is 3.46. The Morgan fingerprint density at radius 3 is 2.40 bits per heavy atom. The molecule has 0 spiro atoms. The maximum Gasteiger partial charge on any atom is 0.270 e. The number of aromatic nitrogens is 1. The van der Waals surface area contributed by atoms with Crippen LogP contribution in [0.2, 0.25) is 0 Å². The molecule has 1 aromatic heterocycles. The van der Waals surface area contributed by atoms with Crippen molar-refractivity contribution in [2.24, 2.45) is 0 Å². The van der Waals surface area contributed by atoms with Crippen LogP contribution >= 0.6 is 0 Å². The number of hydrogen-bond donors (Lipinski definition) is 1. The first kappa shape index (κ1) is 17.0. The maximum atomic E-state index is 12.7. The van der Waals surface area contributed by atoms with Crippen LogP contribution in [-0.2, 0) is 14.8 Å². The van der Waals surface area contributed by atoms with Crippen LogP contribution in [-0.4, -0.2) is 91.9 Å². The summed E-state index contributed by atoms with van der Waals surface area (Å²) in [5.74, 6) is -0.126. The maximum absolute atomic E-state index is 12.7. The fourth-order valence-corrected chi connectivity index (χ4v) is 4.89. The number of ether oxygens (including phenoxy) is 1. The highest BCUT2D eigenvalue weighted by molar-refractivity contribution is 7.89. The predicted octanol–water partition coefficient (Wildman–Crippen LogP) is -0.0442. The highest BCUT2D eigenvalue weighted by atomic mass is 32.2. The molecule has 1 aromatic rings. The number of carbonyl (C=O) groups excluding carboxylic acids is 1. The van der Waals surface area contributed by atoms with Crippen LogP contribution in [0.3, 0.4) is 0 Å². The standard InChI is InChI=1S/C16H24N4O4S/c21-16(19-5-3-18(4-6-19)13-1-2-13)15-11-14(12-17-15)25(22,23)20-7-9-24-10-8-20/h11-13,17H,1-10H2. The van der Waals surface area contributed by atoms with E-state index in [4.69, 9.17) is 4.74 Å². The van der Waals surface area contributed by atoms with Gasteiger partial charge in [-0.2, -0.15) is 4.31 Å². The molecule has 0 atom stereocenters. The summed E-state index contributed by atoms with van der Waals surface area (Å²) in [7, 11) is -3.57. The Morgan fingerprint density at radius 1 is 1.08 bits per heavy atom. The van der Waals surface area contributed by atoms with Crippen LogP contribution < -0.4 is 0 Å². The predicted molar refractivity (Wildman–Crippen MR) is 90.9 cm³/mol. The lowest BCUT2D eigenvalue weighted by molar-refractivity contribution is 0.0622. The zero-order chi connectivity index (χ0) is 17.4. The van der Waals surface area contributed by atoms with Crippen molar-refractivity contribution in [2.45, 2.75) is 23.8 Å². The molecule has 0 aromatic carbocycles. The first-order valence-corrected chi connectivity index (χ1v) is 10.3. The lowest BCUT2D eigenvalue weighted by atomic mass is 10.2. The van der Waals surface area contributed by atoms with Gasteiger partial charge in [-0.05, 0) is 18.9 Å². The Morgan fingerprint density at radius 2 is 1.76 bits per heavy atom. The van der Waals surface area contributed by atoms with Crippen molar-refractivity contribution >= 4 is 15.9 Å². The van der Waals surface area contributed by atoms with Crippen molar-refractivity contribution in [1.29, 1.82) is 0 Å². The zero-order valence-corrected chi connectivity index (χ0v) is 15.0. The molecule has 0 unspecified atom stereocenters. The number of piperazine rings is 1. The van der Waals surface area contributed by atoms with E-state index in [1.807, 2.05) is 0 Å². The number of rotatable bonds is 4. The molecule has 25 heavy (non-hydrogen) atoms. The molecule has 1 saturated carbocycles. The van der Waals surface area contributed by atoms with Gasteiger partial charge in [-0.1, -0.05) is 0 Å². The molecular formula is C16H24N4O4S. The third-order valence-corrected chi connectivity index (χ3v) is 7.04. The van der Waals surface area contributed by atoms with Crippen LogP contribution in [0.25, 0.3) is 0 Å². The highest BCUT2D eigenvalue weighted by Crippen LogP contribution is 2.27. The van der Waals surface area contributed by atoms with Crippen LogP contribution in [0.15, 0.2) is 17.2 Å². The second-order valence-corrected chi connectivity index (χ2v) is 8.76. The molecule has 1 amide bonds. The van der Waals surface area contributed by atoms with Crippen LogP contribution in [0.1, 0.15) is 23.3 Å². The molecule has 138 valence electrons. The van der Waals surface area contributed by atoms with Gasteiger partial charge in [0.15, 0.2) is 0 Å². The van der Waals surface area contributed by atoms with Gasteiger partial charge in [0.2, 0.25) is 10.0 Å². The van der Waals surface area contributed by atoms with Gasteiger partial charge in [-0.3, -0.25) is 9.69 Å². The Kier molecular flexibility index (Phi) is 4.57. The number of H-pyrrole nitrogens is 1. The van der Waals surface area contributed by atoms with Crippen LogP contribution in [0.4, 0.5) is 0 Å². The minimum absolute atomic E-state index is 0.126. The summed E-state index contributed by atoms with van der Waals surface area (Å²) >= 11 is 0. The lowest BCUT2D eigenvalue weighted by Gasteiger charge is -2.34. The summed E-state index contributed by atoms with van der Waals surface area (Å²) in [5.41, 5.74) is 0.340. The van der Waals surface area contributed by atoms with E-state index in [-0.39, 0.29) is 10.8 Å². The molecule has 2 saturated heterocycles. The summed E-state index contributed by atoms with van der Waals surface area (Å²) in [6, 6.07) is 2.17. The highest BCUT2D eigenvalue weighted by Gasteiger charge is 2.33. The van der Waals surface area contributed by atoms with Crippen molar-refractivity contribution < 1.29 is 17.9 Å². The van der Waals surface area contributed by atoms with E-state index in [1.54, 1.807) is 4.90 Å². The zero-order valence-electron chi connectivity index (χ0n) is 14.2. The Bertz CT molecular complexity index is 729. The molecule has 3 aliphatic rings. The smallest absolute Gasteiger partial charge is 0.270 e. The van der Waals surface area contributed by atoms with E-state index >= 15 is 0 Å². The molecule has 2 aliphatic heterocycles. The Hall–Kier alpha value is -1.42. The number of nitrogens with zero attached hydrogens (tertiary/aromatic N) is 3. The number of sulfonamides is 1. The van der Waals surface area contributed by atoms with E-state index in [1.165, 1.54) is 29.4 Å². The second kappa shape index (κ2) is 6.71. The summed E-state index contributed by atoms with van der Waals surface area (Å²) < 4.78 is 31.9. The molecule has 8 nitrogen and oxygen atoms in total. The summed E-state index contributed by atoms with van der Waals surface area (Å²) in [6.07, 6.45) is 3.96. The molecule has 1 aliphatic carbocycles. The number of carbonyl (C=O) groups is 1. The molecular weight excluding hydrogens is 344 g/mol.